The van der Waals surface area contributed by atoms with Gasteiger partial charge >= 0.3 is 11.6 Å². The van der Waals surface area contributed by atoms with Crippen LogP contribution in [-0.4, -0.2) is 5.27 Å². The summed E-state index contributed by atoms with van der Waals surface area (Å²) in [5.41, 5.74) is 7.62. The van der Waals surface area contributed by atoms with Crippen LogP contribution in [0.15, 0.2) is 34.9 Å². The zero-order chi connectivity index (χ0) is 10.8. The summed E-state index contributed by atoms with van der Waals surface area (Å²) < 4.78 is 6.78. The van der Waals surface area contributed by atoms with Crippen molar-refractivity contribution in [1.82, 2.24) is 5.27 Å². The van der Waals surface area contributed by atoms with Crippen molar-refractivity contribution in [3.05, 3.63) is 30.3 Å². The van der Waals surface area contributed by atoms with Gasteiger partial charge in [0.05, 0.1) is 5.56 Å². The molecule has 2 rings (SSSR count). The lowest BCUT2D eigenvalue weighted by molar-refractivity contribution is -0.770. The average molecular weight is 204 g/mol. The summed E-state index contributed by atoms with van der Waals surface area (Å²) >= 11 is 0. The number of aromatic nitrogens is 2. The number of nitrogens with two attached hydrogens (primary N) is 1. The molecule has 0 saturated heterocycles. The van der Waals surface area contributed by atoms with Gasteiger partial charge in [-0.05, 0) is 16.8 Å². The van der Waals surface area contributed by atoms with Crippen LogP contribution in [0.4, 0.5) is 5.88 Å². The molecule has 0 spiro atoms. The number of anilines is 1. The molecule has 0 atom stereocenters. The van der Waals surface area contributed by atoms with Gasteiger partial charge in [-0.2, -0.15) is 0 Å². The number of hydrogen-bond donors (Lipinski definition) is 1. The first-order chi connectivity index (χ1) is 7.20. The van der Waals surface area contributed by atoms with Crippen molar-refractivity contribution in [1.29, 1.82) is 0 Å². The zero-order valence-corrected chi connectivity index (χ0v) is 8.84. The SMILES string of the molecule is CC(C)[n+]1noc(N)c1-c1ccccc1. The molecule has 0 fully saturated rings. The lowest BCUT2D eigenvalue weighted by atomic mass is 10.1. The lowest BCUT2D eigenvalue weighted by Gasteiger charge is -1.97. The molecular weight excluding hydrogens is 190 g/mol. The van der Waals surface area contributed by atoms with Crippen LogP contribution in [0.1, 0.15) is 19.9 Å². The van der Waals surface area contributed by atoms with Gasteiger partial charge in [0.15, 0.2) is 6.04 Å². The van der Waals surface area contributed by atoms with Crippen LogP contribution >= 0.6 is 0 Å². The summed E-state index contributed by atoms with van der Waals surface area (Å²) in [7, 11) is 0. The molecule has 15 heavy (non-hydrogen) atoms. The number of nitrogens with zero attached hydrogens (tertiary/aromatic N) is 2. The predicted molar refractivity (Wildman–Crippen MR) is 56.9 cm³/mol. The Balaban J connectivity index is 2.57. The van der Waals surface area contributed by atoms with E-state index in [1.165, 1.54) is 0 Å². The molecule has 1 heterocycles. The van der Waals surface area contributed by atoms with E-state index in [1.807, 2.05) is 44.2 Å². The average Bonchev–Trinajstić information content (AvgIpc) is 2.61. The van der Waals surface area contributed by atoms with E-state index in [1.54, 1.807) is 4.68 Å². The molecule has 0 aliphatic carbocycles. The van der Waals surface area contributed by atoms with E-state index in [9.17, 15) is 0 Å². The standard InChI is InChI=1S/C11H14N3O/c1-8(2)14-10(11(12)15-13-14)9-6-4-3-5-7-9/h3-8H,12H2,1-2H3/q+1. The molecule has 0 unspecified atom stereocenters. The maximum Gasteiger partial charge on any atom is 0.304 e. The predicted octanol–water partition coefficient (Wildman–Crippen LogP) is 1.79. The van der Waals surface area contributed by atoms with E-state index in [2.05, 4.69) is 5.27 Å². The van der Waals surface area contributed by atoms with Gasteiger partial charge in [-0.15, -0.1) is 0 Å². The molecule has 0 bridgehead atoms. The molecule has 2 aromatic rings. The molecule has 1 aromatic heterocycles. The number of hydrogen-bond acceptors (Lipinski definition) is 3. The third kappa shape index (κ3) is 1.70. The first-order valence-electron chi connectivity index (χ1n) is 4.92. The number of rotatable bonds is 2. The smallest absolute Gasteiger partial charge is 0.304 e. The Morgan fingerprint density at radius 1 is 1.27 bits per heavy atom. The van der Waals surface area contributed by atoms with Gasteiger partial charge in [0.25, 0.3) is 0 Å². The van der Waals surface area contributed by atoms with E-state index >= 15 is 0 Å². The Morgan fingerprint density at radius 2 is 1.93 bits per heavy atom. The highest BCUT2D eigenvalue weighted by Crippen LogP contribution is 2.22. The van der Waals surface area contributed by atoms with Crippen molar-refractivity contribution in [3.8, 4) is 11.3 Å². The molecule has 0 aliphatic heterocycles. The molecule has 0 aliphatic rings. The maximum absolute atomic E-state index is 5.76. The Morgan fingerprint density at radius 3 is 2.53 bits per heavy atom. The van der Waals surface area contributed by atoms with Gasteiger partial charge in [-0.3, -0.25) is 4.52 Å². The Labute approximate surface area is 88.3 Å². The molecule has 1 aromatic carbocycles. The van der Waals surface area contributed by atoms with Crippen LogP contribution < -0.4 is 10.4 Å². The summed E-state index contributed by atoms with van der Waals surface area (Å²) in [5.74, 6) is 0.356. The summed E-state index contributed by atoms with van der Waals surface area (Å²) in [6.07, 6.45) is 0. The summed E-state index contributed by atoms with van der Waals surface area (Å²) in [6, 6.07) is 10.1. The quantitative estimate of drug-likeness (QED) is 0.759. The highest BCUT2D eigenvalue weighted by molar-refractivity contribution is 5.64. The van der Waals surface area contributed by atoms with E-state index in [-0.39, 0.29) is 6.04 Å². The molecule has 0 amide bonds. The molecule has 0 saturated carbocycles. The minimum absolute atomic E-state index is 0.223. The first-order valence-corrected chi connectivity index (χ1v) is 4.92. The monoisotopic (exact) mass is 204 g/mol. The van der Waals surface area contributed by atoms with Gasteiger partial charge in [-0.1, -0.05) is 18.2 Å². The van der Waals surface area contributed by atoms with Crippen molar-refractivity contribution < 1.29 is 9.20 Å². The van der Waals surface area contributed by atoms with Gasteiger partial charge in [0, 0.05) is 13.8 Å². The van der Waals surface area contributed by atoms with Crippen LogP contribution in [0.5, 0.6) is 0 Å². The van der Waals surface area contributed by atoms with Gasteiger partial charge in [-0.25, -0.2) is 0 Å². The third-order valence-corrected chi connectivity index (χ3v) is 2.23. The van der Waals surface area contributed by atoms with Crippen molar-refractivity contribution in [2.75, 3.05) is 5.73 Å². The number of benzene rings is 1. The van der Waals surface area contributed by atoms with Gasteiger partial charge in [0.1, 0.15) is 0 Å². The normalized spacial score (nSPS) is 10.9. The van der Waals surface area contributed by atoms with Crippen LogP contribution in [-0.2, 0) is 0 Å². The highest BCUT2D eigenvalue weighted by atomic mass is 16.5. The van der Waals surface area contributed by atoms with E-state index < -0.39 is 0 Å². The number of nitrogen functional groups attached to an aromatic ring is 1. The van der Waals surface area contributed by atoms with Crippen LogP contribution in [0.3, 0.4) is 0 Å². The largest absolute Gasteiger partial charge is 0.362 e. The second-order valence-electron chi connectivity index (χ2n) is 3.69. The zero-order valence-electron chi connectivity index (χ0n) is 8.84. The van der Waals surface area contributed by atoms with E-state index in [0.29, 0.717) is 5.88 Å². The minimum atomic E-state index is 0.223. The molecule has 4 nitrogen and oxygen atoms in total. The van der Waals surface area contributed by atoms with Crippen LogP contribution in [0, 0.1) is 0 Å². The molecule has 2 N–H and O–H groups in total. The van der Waals surface area contributed by atoms with E-state index in [4.69, 9.17) is 10.3 Å². The Hall–Kier alpha value is -1.84. The Kier molecular flexibility index (Phi) is 2.41. The van der Waals surface area contributed by atoms with Crippen molar-refractivity contribution >= 4 is 5.88 Å². The van der Waals surface area contributed by atoms with Crippen molar-refractivity contribution in [3.63, 3.8) is 0 Å². The van der Waals surface area contributed by atoms with Crippen LogP contribution in [0.2, 0.25) is 0 Å². The van der Waals surface area contributed by atoms with Crippen molar-refractivity contribution in [2.24, 2.45) is 0 Å². The first kappa shape index (κ1) is 9.71. The highest BCUT2D eigenvalue weighted by Gasteiger charge is 2.26. The fourth-order valence-corrected chi connectivity index (χ4v) is 1.51. The molecule has 0 radical (unpaired) electrons. The minimum Gasteiger partial charge on any atom is -0.362 e. The van der Waals surface area contributed by atoms with Crippen LogP contribution in [0.25, 0.3) is 11.3 Å². The van der Waals surface area contributed by atoms with Crippen molar-refractivity contribution in [2.45, 2.75) is 19.9 Å². The van der Waals surface area contributed by atoms with E-state index in [0.717, 1.165) is 11.3 Å². The van der Waals surface area contributed by atoms with Gasteiger partial charge < -0.3 is 5.73 Å². The second-order valence-corrected chi connectivity index (χ2v) is 3.69. The fraction of sp³-hybridized carbons (Fsp3) is 0.273. The Bertz CT molecular complexity index is 448. The lowest BCUT2D eigenvalue weighted by Crippen LogP contribution is -2.39. The fourth-order valence-electron chi connectivity index (χ4n) is 1.51. The maximum atomic E-state index is 5.76. The molecular formula is C11H14N3O+. The third-order valence-electron chi connectivity index (χ3n) is 2.23. The molecule has 78 valence electrons. The second kappa shape index (κ2) is 3.73. The topological polar surface area (TPSA) is 55.9 Å². The van der Waals surface area contributed by atoms with Gasteiger partial charge in [0.2, 0.25) is 5.27 Å². The summed E-state index contributed by atoms with van der Waals surface area (Å²) in [5, 5.41) is 3.91. The summed E-state index contributed by atoms with van der Waals surface area (Å²) in [4.78, 5) is 0. The summed E-state index contributed by atoms with van der Waals surface area (Å²) in [6.45, 7) is 4.07. The molecule has 4 heteroatoms.